The van der Waals surface area contributed by atoms with Gasteiger partial charge in [0, 0.05) is 42.5 Å². The summed E-state index contributed by atoms with van der Waals surface area (Å²) in [5.74, 6) is 1.43. The third-order valence-electron chi connectivity index (χ3n) is 5.89. The fourth-order valence-electron chi connectivity index (χ4n) is 3.83. The van der Waals surface area contributed by atoms with Crippen LogP contribution in [-0.4, -0.2) is 27.0 Å². The van der Waals surface area contributed by atoms with Crippen LogP contribution in [0.5, 0.6) is 5.75 Å². The molecule has 0 bridgehead atoms. The molecule has 0 spiro atoms. The summed E-state index contributed by atoms with van der Waals surface area (Å²) in [6.45, 7) is 0.892. The van der Waals surface area contributed by atoms with Gasteiger partial charge in [0.15, 0.2) is 5.13 Å². The topological polar surface area (TPSA) is 60.3 Å². The van der Waals surface area contributed by atoms with Crippen molar-refractivity contribution >= 4 is 22.4 Å². The summed E-state index contributed by atoms with van der Waals surface area (Å²) < 4.78 is 7.77. The fraction of sp³-hybridized carbons (Fsp3) is 0.138. The molecule has 5 rings (SSSR count). The lowest BCUT2D eigenvalue weighted by molar-refractivity contribution is 0.0987. The molecule has 0 saturated heterocycles. The molecule has 1 amide bonds. The number of anilines is 1. The van der Waals surface area contributed by atoms with E-state index in [9.17, 15) is 4.79 Å². The van der Waals surface area contributed by atoms with Crippen molar-refractivity contribution in [2.75, 3.05) is 11.4 Å². The molecule has 0 radical (unpaired) electrons. The van der Waals surface area contributed by atoms with Crippen molar-refractivity contribution in [3.05, 3.63) is 120 Å². The predicted molar refractivity (Wildman–Crippen MR) is 143 cm³/mol. The second kappa shape index (κ2) is 11.0. The number of hydrogen-bond acceptors (Lipinski definition) is 5. The Labute approximate surface area is 214 Å². The first-order valence-electron chi connectivity index (χ1n) is 11.7. The van der Waals surface area contributed by atoms with Gasteiger partial charge in [0.1, 0.15) is 18.2 Å². The van der Waals surface area contributed by atoms with Crippen LogP contribution in [-0.2, 0) is 20.1 Å². The van der Waals surface area contributed by atoms with Crippen molar-refractivity contribution in [2.45, 2.75) is 13.0 Å². The van der Waals surface area contributed by atoms with Crippen LogP contribution in [0.2, 0.25) is 0 Å². The monoisotopic (exact) mass is 494 g/mol. The van der Waals surface area contributed by atoms with E-state index < -0.39 is 0 Å². The van der Waals surface area contributed by atoms with E-state index in [0.29, 0.717) is 29.6 Å². The highest BCUT2D eigenvalue weighted by Gasteiger charge is 2.21. The minimum Gasteiger partial charge on any atom is -0.486 e. The first-order valence-corrected chi connectivity index (χ1v) is 12.6. The molecule has 0 saturated carbocycles. The highest BCUT2D eigenvalue weighted by Crippen LogP contribution is 2.29. The maximum Gasteiger partial charge on any atom is 0.260 e. The molecule has 2 heterocycles. The number of benzene rings is 3. The van der Waals surface area contributed by atoms with Gasteiger partial charge >= 0.3 is 0 Å². The van der Waals surface area contributed by atoms with Crippen molar-refractivity contribution in [2.24, 2.45) is 7.05 Å². The number of ether oxygens (including phenoxy) is 1. The minimum atomic E-state index is -0.0875. The minimum absolute atomic E-state index is 0.0875. The number of imidazole rings is 1. The molecule has 0 aliphatic heterocycles. The van der Waals surface area contributed by atoms with Crippen molar-refractivity contribution in [3.8, 4) is 17.0 Å². The Morgan fingerprint density at radius 3 is 2.39 bits per heavy atom. The standard InChI is InChI=1S/C29H26N4O2S/c1-32-19-17-30-27(32)20-35-25-14-12-24(13-15-25)28(34)33(18-16-22-8-4-2-5-9-22)29-31-26(21-36-29)23-10-6-3-7-11-23/h2-15,17,19,21H,16,18,20H2,1H3. The number of thiazole rings is 1. The zero-order valence-corrected chi connectivity index (χ0v) is 20.8. The van der Waals surface area contributed by atoms with E-state index in [2.05, 4.69) is 17.1 Å². The summed E-state index contributed by atoms with van der Waals surface area (Å²) in [5, 5.41) is 2.69. The van der Waals surface area contributed by atoms with Crippen LogP contribution in [0.4, 0.5) is 5.13 Å². The smallest absolute Gasteiger partial charge is 0.260 e. The van der Waals surface area contributed by atoms with Gasteiger partial charge in [0.05, 0.1) is 5.69 Å². The van der Waals surface area contributed by atoms with E-state index >= 15 is 0 Å². The quantitative estimate of drug-likeness (QED) is 0.252. The molecule has 3 aromatic carbocycles. The highest BCUT2D eigenvalue weighted by atomic mass is 32.1. The lowest BCUT2D eigenvalue weighted by Gasteiger charge is -2.20. The van der Waals surface area contributed by atoms with Gasteiger partial charge in [-0.15, -0.1) is 11.3 Å². The van der Waals surface area contributed by atoms with Crippen LogP contribution in [0.25, 0.3) is 11.3 Å². The van der Waals surface area contributed by atoms with Gasteiger partial charge in [-0.25, -0.2) is 9.97 Å². The highest BCUT2D eigenvalue weighted by molar-refractivity contribution is 7.14. The Bertz CT molecular complexity index is 1410. The summed E-state index contributed by atoms with van der Waals surface area (Å²) in [6.07, 6.45) is 4.36. The molecular weight excluding hydrogens is 468 g/mol. The molecule has 36 heavy (non-hydrogen) atoms. The zero-order valence-electron chi connectivity index (χ0n) is 19.9. The van der Waals surface area contributed by atoms with Crippen LogP contribution >= 0.6 is 11.3 Å². The Balaban J connectivity index is 1.35. The molecule has 180 valence electrons. The normalized spacial score (nSPS) is 10.8. The van der Waals surface area contributed by atoms with Crippen molar-refractivity contribution < 1.29 is 9.53 Å². The first-order chi connectivity index (χ1) is 17.7. The average Bonchev–Trinajstić information content (AvgIpc) is 3.58. The maximum atomic E-state index is 13.7. The number of rotatable bonds is 9. The van der Waals surface area contributed by atoms with Gasteiger partial charge in [0.2, 0.25) is 0 Å². The van der Waals surface area contributed by atoms with Gasteiger partial charge in [-0.2, -0.15) is 0 Å². The van der Waals surface area contributed by atoms with Gasteiger partial charge in [-0.05, 0) is 36.2 Å². The molecule has 0 unspecified atom stereocenters. The molecule has 6 nitrogen and oxygen atoms in total. The molecule has 0 aliphatic carbocycles. The van der Waals surface area contributed by atoms with E-state index in [4.69, 9.17) is 9.72 Å². The maximum absolute atomic E-state index is 13.7. The Hall–Kier alpha value is -4.23. The number of aromatic nitrogens is 3. The van der Waals surface area contributed by atoms with Crippen LogP contribution < -0.4 is 9.64 Å². The SMILES string of the molecule is Cn1ccnc1COc1ccc(C(=O)N(CCc2ccccc2)c2nc(-c3ccccc3)cs2)cc1. The van der Waals surface area contributed by atoms with Crippen molar-refractivity contribution in [3.63, 3.8) is 0 Å². The lowest BCUT2D eigenvalue weighted by atomic mass is 10.1. The molecule has 0 fully saturated rings. The molecule has 5 aromatic rings. The summed E-state index contributed by atoms with van der Waals surface area (Å²) in [6, 6.07) is 27.4. The third kappa shape index (κ3) is 5.53. The van der Waals surface area contributed by atoms with Gasteiger partial charge in [0.25, 0.3) is 5.91 Å². The summed E-state index contributed by atoms with van der Waals surface area (Å²) in [7, 11) is 1.93. The summed E-state index contributed by atoms with van der Waals surface area (Å²) in [5.41, 5.74) is 3.66. The van der Waals surface area contributed by atoms with Gasteiger partial charge in [-0.1, -0.05) is 60.7 Å². The van der Waals surface area contributed by atoms with Crippen LogP contribution in [0, 0.1) is 0 Å². The number of carbonyl (C=O) groups excluding carboxylic acids is 1. The van der Waals surface area contributed by atoms with Crippen LogP contribution in [0.1, 0.15) is 21.7 Å². The fourth-order valence-corrected chi connectivity index (χ4v) is 4.69. The second-order valence-electron chi connectivity index (χ2n) is 8.34. The molecule has 7 heteroatoms. The van der Waals surface area contributed by atoms with Crippen molar-refractivity contribution in [1.82, 2.24) is 14.5 Å². The van der Waals surface area contributed by atoms with Crippen LogP contribution in [0.3, 0.4) is 0 Å². The molecular formula is C29H26N4O2S. The van der Waals surface area contributed by atoms with E-state index in [0.717, 1.165) is 23.5 Å². The Morgan fingerprint density at radius 2 is 1.69 bits per heavy atom. The molecule has 0 atom stereocenters. The van der Waals surface area contributed by atoms with E-state index in [-0.39, 0.29) is 5.91 Å². The third-order valence-corrected chi connectivity index (χ3v) is 6.76. The lowest BCUT2D eigenvalue weighted by Crippen LogP contribution is -2.32. The molecule has 0 N–H and O–H groups in total. The second-order valence-corrected chi connectivity index (χ2v) is 9.18. The molecule has 0 aliphatic rings. The zero-order chi connectivity index (χ0) is 24.7. The number of nitrogens with zero attached hydrogens (tertiary/aromatic N) is 4. The van der Waals surface area contributed by atoms with Gasteiger partial charge in [-0.3, -0.25) is 9.69 Å². The number of carbonyl (C=O) groups is 1. The van der Waals surface area contributed by atoms with E-state index in [1.54, 1.807) is 23.2 Å². The van der Waals surface area contributed by atoms with Crippen LogP contribution in [0.15, 0.2) is 103 Å². The first kappa shape index (κ1) is 23.5. The number of amides is 1. The van der Waals surface area contributed by atoms with Crippen molar-refractivity contribution in [1.29, 1.82) is 0 Å². The number of aryl methyl sites for hydroxylation is 1. The van der Waals surface area contributed by atoms with E-state index in [1.807, 2.05) is 83.9 Å². The summed E-state index contributed by atoms with van der Waals surface area (Å²) in [4.78, 5) is 24.5. The summed E-state index contributed by atoms with van der Waals surface area (Å²) >= 11 is 1.48. The Morgan fingerprint density at radius 1 is 0.972 bits per heavy atom. The van der Waals surface area contributed by atoms with E-state index in [1.165, 1.54) is 16.9 Å². The average molecular weight is 495 g/mol. The number of hydrogen-bond donors (Lipinski definition) is 0. The predicted octanol–water partition coefficient (Wildman–Crippen LogP) is 6.01. The molecule has 2 aromatic heterocycles. The van der Waals surface area contributed by atoms with Gasteiger partial charge < -0.3 is 9.30 Å². The largest absolute Gasteiger partial charge is 0.486 e. The Kier molecular flexibility index (Phi) is 7.19.